The molecule has 0 unspecified atom stereocenters. The number of rotatable bonds is 7. The van der Waals surface area contributed by atoms with Crippen molar-refractivity contribution < 1.29 is 9.59 Å². The van der Waals surface area contributed by atoms with Gasteiger partial charge in [0.1, 0.15) is 0 Å². The molecule has 0 aliphatic heterocycles. The van der Waals surface area contributed by atoms with Gasteiger partial charge in [0.2, 0.25) is 11.8 Å². The van der Waals surface area contributed by atoms with Gasteiger partial charge in [-0.1, -0.05) is 48.0 Å². The Bertz CT molecular complexity index is 1070. The van der Waals surface area contributed by atoms with Crippen LogP contribution < -0.4 is 10.6 Å². The quantitative estimate of drug-likeness (QED) is 0.554. The van der Waals surface area contributed by atoms with E-state index in [1.54, 1.807) is 0 Å². The summed E-state index contributed by atoms with van der Waals surface area (Å²) in [6.07, 6.45) is 2.42. The average Bonchev–Trinajstić information content (AvgIpc) is 3.42. The third kappa shape index (κ3) is 4.55. The van der Waals surface area contributed by atoms with E-state index in [4.69, 9.17) is 11.6 Å². The average molecular weight is 440 g/mol. The molecule has 2 aromatic carbocycles. The highest BCUT2D eigenvalue weighted by Crippen LogP contribution is 2.49. The van der Waals surface area contributed by atoms with Crippen molar-refractivity contribution >= 4 is 39.9 Å². The number of nitrogens with one attached hydrogen (secondary N) is 2. The van der Waals surface area contributed by atoms with E-state index in [1.165, 1.54) is 18.3 Å². The minimum absolute atomic E-state index is 0.0213. The van der Waals surface area contributed by atoms with Gasteiger partial charge >= 0.3 is 0 Å². The van der Waals surface area contributed by atoms with Gasteiger partial charge in [-0.25, -0.2) is 4.98 Å². The lowest BCUT2D eigenvalue weighted by Crippen LogP contribution is -2.27. The van der Waals surface area contributed by atoms with E-state index >= 15 is 0 Å². The fourth-order valence-electron chi connectivity index (χ4n) is 3.46. The number of nitrogens with zero attached hydrogens (tertiary/aromatic N) is 1. The summed E-state index contributed by atoms with van der Waals surface area (Å²) in [4.78, 5) is 28.5. The molecule has 5 nitrogen and oxygen atoms in total. The summed E-state index contributed by atoms with van der Waals surface area (Å²) < 4.78 is 0. The van der Waals surface area contributed by atoms with Crippen LogP contribution in [0.25, 0.3) is 11.3 Å². The van der Waals surface area contributed by atoms with Crippen molar-refractivity contribution in [1.29, 1.82) is 0 Å². The van der Waals surface area contributed by atoms with Gasteiger partial charge in [0, 0.05) is 29.4 Å². The summed E-state index contributed by atoms with van der Waals surface area (Å²) in [6.45, 7) is 2.14. The van der Waals surface area contributed by atoms with Gasteiger partial charge in [-0.05, 0) is 42.5 Å². The second kappa shape index (κ2) is 8.58. The topological polar surface area (TPSA) is 71.1 Å². The van der Waals surface area contributed by atoms with Crippen LogP contribution in [0.4, 0.5) is 5.13 Å². The minimum atomic E-state index is -0.494. The monoisotopic (exact) mass is 439 g/mol. The van der Waals surface area contributed by atoms with E-state index < -0.39 is 5.41 Å². The normalized spacial score (nSPS) is 14.2. The molecule has 1 saturated carbocycles. The van der Waals surface area contributed by atoms with Crippen molar-refractivity contribution in [1.82, 2.24) is 10.3 Å². The highest BCUT2D eigenvalue weighted by atomic mass is 35.5. The van der Waals surface area contributed by atoms with Crippen molar-refractivity contribution in [3.63, 3.8) is 0 Å². The minimum Gasteiger partial charge on any atom is -0.356 e. The molecule has 1 heterocycles. The Morgan fingerprint density at radius 3 is 2.60 bits per heavy atom. The zero-order valence-electron chi connectivity index (χ0n) is 16.6. The van der Waals surface area contributed by atoms with Gasteiger partial charge < -0.3 is 10.6 Å². The lowest BCUT2D eigenvalue weighted by atomic mass is 9.95. The molecule has 0 atom stereocenters. The van der Waals surface area contributed by atoms with Crippen LogP contribution in [0.2, 0.25) is 5.02 Å². The number of benzene rings is 2. The van der Waals surface area contributed by atoms with Crippen LogP contribution in [0.3, 0.4) is 0 Å². The van der Waals surface area contributed by atoms with Crippen LogP contribution >= 0.6 is 22.9 Å². The van der Waals surface area contributed by atoms with Gasteiger partial charge in [-0.2, -0.15) is 0 Å². The molecule has 1 aliphatic carbocycles. The maximum Gasteiger partial charge on any atom is 0.236 e. The molecule has 7 heteroatoms. The number of amides is 2. The molecular weight excluding hydrogens is 418 g/mol. The molecular formula is C23H22ClN3O2S. The molecule has 30 heavy (non-hydrogen) atoms. The first-order chi connectivity index (χ1) is 14.5. The number of hydrogen-bond acceptors (Lipinski definition) is 4. The summed E-state index contributed by atoms with van der Waals surface area (Å²) in [5, 5.41) is 8.97. The molecule has 1 fully saturated rings. The van der Waals surface area contributed by atoms with Crippen LogP contribution in [-0.2, 0) is 21.4 Å². The van der Waals surface area contributed by atoms with E-state index in [2.05, 4.69) is 15.6 Å². The molecule has 2 amide bonds. The smallest absolute Gasteiger partial charge is 0.236 e. The summed E-state index contributed by atoms with van der Waals surface area (Å²) in [7, 11) is 0. The Kier molecular flexibility index (Phi) is 5.88. The van der Waals surface area contributed by atoms with Gasteiger partial charge in [0.25, 0.3) is 0 Å². The summed E-state index contributed by atoms with van der Waals surface area (Å²) in [6, 6.07) is 15.6. The molecule has 0 bridgehead atoms. The van der Waals surface area contributed by atoms with Crippen LogP contribution in [-0.4, -0.2) is 23.3 Å². The highest BCUT2D eigenvalue weighted by Gasteiger charge is 2.51. The Morgan fingerprint density at radius 1 is 1.17 bits per heavy atom. The summed E-state index contributed by atoms with van der Waals surface area (Å²) in [5.41, 5.74) is 3.43. The standard InChI is InChI=1S/C23H22ClN3O2S/c1-15(28)25-12-9-16-5-7-17(8-6-16)20-14-30-22(26-20)27-21(29)23(10-11-23)18-3-2-4-19(24)13-18/h2-8,13-14H,9-12H2,1H3,(H,25,28)(H,26,27,29). The molecule has 0 spiro atoms. The zero-order valence-corrected chi connectivity index (χ0v) is 18.1. The zero-order chi connectivity index (χ0) is 21.1. The molecule has 2 N–H and O–H groups in total. The first-order valence-corrected chi connectivity index (χ1v) is 11.1. The Morgan fingerprint density at radius 2 is 1.93 bits per heavy atom. The van der Waals surface area contributed by atoms with E-state index in [-0.39, 0.29) is 11.8 Å². The number of thiazole rings is 1. The second-order valence-electron chi connectivity index (χ2n) is 7.51. The largest absolute Gasteiger partial charge is 0.356 e. The summed E-state index contributed by atoms with van der Waals surface area (Å²) >= 11 is 7.53. The lowest BCUT2D eigenvalue weighted by Gasteiger charge is -2.14. The van der Waals surface area contributed by atoms with Crippen molar-refractivity contribution in [3.8, 4) is 11.3 Å². The number of hydrogen-bond donors (Lipinski definition) is 2. The van der Waals surface area contributed by atoms with E-state index in [1.807, 2.05) is 53.9 Å². The van der Waals surface area contributed by atoms with Crippen molar-refractivity contribution in [2.75, 3.05) is 11.9 Å². The molecule has 0 saturated heterocycles. The molecule has 154 valence electrons. The number of halogens is 1. The van der Waals surface area contributed by atoms with Gasteiger partial charge in [-0.15, -0.1) is 11.3 Å². The van der Waals surface area contributed by atoms with Crippen molar-refractivity contribution in [2.24, 2.45) is 0 Å². The highest BCUT2D eigenvalue weighted by molar-refractivity contribution is 7.14. The maximum atomic E-state index is 12.9. The lowest BCUT2D eigenvalue weighted by molar-refractivity contribution is -0.119. The van der Waals surface area contributed by atoms with Crippen LogP contribution in [0.5, 0.6) is 0 Å². The van der Waals surface area contributed by atoms with Crippen LogP contribution in [0.1, 0.15) is 30.9 Å². The SMILES string of the molecule is CC(=O)NCCc1ccc(-c2csc(NC(=O)C3(c4cccc(Cl)c4)CC3)n2)cc1. The van der Waals surface area contributed by atoms with Crippen LogP contribution in [0, 0.1) is 0 Å². The van der Waals surface area contributed by atoms with Crippen molar-refractivity contribution in [2.45, 2.75) is 31.6 Å². The summed E-state index contributed by atoms with van der Waals surface area (Å²) in [5.74, 6) is -0.0500. The van der Waals surface area contributed by atoms with Gasteiger partial charge in [0.15, 0.2) is 5.13 Å². The van der Waals surface area contributed by atoms with Crippen LogP contribution in [0.15, 0.2) is 53.9 Å². The maximum absolute atomic E-state index is 12.9. The molecule has 0 radical (unpaired) electrons. The van der Waals surface area contributed by atoms with Crippen molar-refractivity contribution in [3.05, 3.63) is 70.1 Å². The molecule has 1 aromatic heterocycles. The number of anilines is 1. The third-order valence-electron chi connectivity index (χ3n) is 5.32. The predicted molar refractivity (Wildman–Crippen MR) is 121 cm³/mol. The molecule has 3 aromatic rings. The predicted octanol–water partition coefficient (Wildman–Crippen LogP) is 4.81. The number of carbonyl (C=O) groups is 2. The van der Waals surface area contributed by atoms with E-state index in [9.17, 15) is 9.59 Å². The fourth-order valence-corrected chi connectivity index (χ4v) is 4.37. The Hall–Kier alpha value is -2.70. The molecule has 1 aliphatic rings. The third-order valence-corrected chi connectivity index (χ3v) is 6.32. The first kappa shape index (κ1) is 20.6. The number of aromatic nitrogens is 1. The first-order valence-electron chi connectivity index (χ1n) is 9.83. The van der Waals surface area contributed by atoms with E-state index in [0.29, 0.717) is 16.7 Å². The van der Waals surface area contributed by atoms with Gasteiger partial charge in [0.05, 0.1) is 11.1 Å². The Labute approximate surface area is 184 Å². The van der Waals surface area contributed by atoms with E-state index in [0.717, 1.165) is 41.6 Å². The Balaban J connectivity index is 1.41. The van der Waals surface area contributed by atoms with Gasteiger partial charge in [-0.3, -0.25) is 9.59 Å². The second-order valence-corrected chi connectivity index (χ2v) is 8.81. The molecule has 4 rings (SSSR count). The fraction of sp³-hybridized carbons (Fsp3) is 0.261. The number of carbonyl (C=O) groups excluding carboxylic acids is 2.